The molecule has 1 N–H and O–H groups in total. The number of hydrogen-bond donors (Lipinski definition) is 1. The zero-order chi connectivity index (χ0) is 18.2. The van der Waals surface area contributed by atoms with Crippen molar-refractivity contribution >= 4 is 6.09 Å². The number of nitrogens with one attached hydrogen (secondary N) is 1. The number of ether oxygens (including phenoxy) is 3. The number of benzene rings is 2. The van der Waals surface area contributed by atoms with E-state index in [-0.39, 0.29) is 6.61 Å². The fourth-order valence-electron chi connectivity index (χ4n) is 2.47. The summed E-state index contributed by atoms with van der Waals surface area (Å²) in [5.74, 6) is 1.87. The van der Waals surface area contributed by atoms with Crippen LogP contribution in [0.2, 0.25) is 0 Å². The minimum absolute atomic E-state index is 0.245. The fourth-order valence-corrected chi connectivity index (χ4v) is 2.47. The van der Waals surface area contributed by atoms with E-state index in [9.17, 15) is 4.79 Å². The maximum atomic E-state index is 11.6. The fraction of sp³-hybridized carbons (Fsp3) is 0.350. The molecule has 1 amide bonds. The minimum atomic E-state index is -0.529. The Morgan fingerprint density at radius 3 is 2.44 bits per heavy atom. The summed E-state index contributed by atoms with van der Waals surface area (Å²) in [7, 11) is 1.52. The van der Waals surface area contributed by atoms with Crippen molar-refractivity contribution in [2.75, 3.05) is 13.7 Å². The Kier molecular flexibility index (Phi) is 6.69. The van der Waals surface area contributed by atoms with Crippen molar-refractivity contribution < 1.29 is 19.0 Å². The summed E-state index contributed by atoms with van der Waals surface area (Å²) in [5.41, 5.74) is 3.04. The van der Waals surface area contributed by atoms with Crippen LogP contribution in [0.3, 0.4) is 0 Å². The smallest absolute Gasteiger partial charge is 0.412 e. The predicted octanol–water partition coefficient (Wildman–Crippen LogP) is 4.25. The molecule has 0 unspecified atom stereocenters. The molecule has 0 fully saturated rings. The summed E-state index contributed by atoms with van der Waals surface area (Å²) >= 11 is 0. The SMILES string of the molecule is CCOc1cccc(OC(=O)NC)c1COc1ccc(CC)cc1C. The van der Waals surface area contributed by atoms with Crippen LogP contribution in [-0.4, -0.2) is 19.7 Å². The molecule has 2 rings (SSSR count). The highest BCUT2D eigenvalue weighted by Crippen LogP contribution is 2.31. The normalized spacial score (nSPS) is 10.2. The molecule has 25 heavy (non-hydrogen) atoms. The molecular weight excluding hydrogens is 318 g/mol. The lowest BCUT2D eigenvalue weighted by Crippen LogP contribution is -2.23. The standard InChI is InChI=1S/C20H25NO4/c1-5-15-10-11-17(14(3)12-15)24-13-16-18(23-6-2)8-7-9-19(16)25-20(22)21-4/h7-12H,5-6,13H2,1-4H3,(H,21,22). The largest absolute Gasteiger partial charge is 0.493 e. The number of aryl methyl sites for hydroxylation is 2. The Morgan fingerprint density at radius 1 is 1.04 bits per heavy atom. The summed E-state index contributed by atoms with van der Waals surface area (Å²) in [5, 5.41) is 2.44. The molecule has 0 aliphatic heterocycles. The van der Waals surface area contributed by atoms with E-state index >= 15 is 0 Å². The van der Waals surface area contributed by atoms with Gasteiger partial charge in [0.15, 0.2) is 0 Å². The first-order valence-corrected chi connectivity index (χ1v) is 8.45. The first kappa shape index (κ1) is 18.6. The molecule has 0 aromatic heterocycles. The highest BCUT2D eigenvalue weighted by atomic mass is 16.6. The third-order valence-electron chi connectivity index (χ3n) is 3.82. The van der Waals surface area contributed by atoms with Gasteiger partial charge in [-0.15, -0.1) is 0 Å². The van der Waals surface area contributed by atoms with Gasteiger partial charge in [0.05, 0.1) is 12.2 Å². The van der Waals surface area contributed by atoms with Gasteiger partial charge in [0, 0.05) is 7.05 Å². The van der Waals surface area contributed by atoms with Gasteiger partial charge in [-0.3, -0.25) is 0 Å². The second-order valence-corrected chi connectivity index (χ2v) is 5.55. The summed E-state index contributed by atoms with van der Waals surface area (Å²) in [4.78, 5) is 11.6. The number of hydrogen-bond acceptors (Lipinski definition) is 4. The molecule has 0 atom stereocenters. The van der Waals surface area contributed by atoms with E-state index in [1.165, 1.54) is 12.6 Å². The van der Waals surface area contributed by atoms with Crippen LogP contribution in [0.25, 0.3) is 0 Å². The van der Waals surface area contributed by atoms with Gasteiger partial charge in [0.1, 0.15) is 23.9 Å². The molecule has 0 saturated carbocycles. The Hall–Kier alpha value is -2.69. The maximum Gasteiger partial charge on any atom is 0.412 e. The van der Waals surface area contributed by atoms with Crippen LogP contribution in [0.15, 0.2) is 36.4 Å². The van der Waals surface area contributed by atoms with E-state index in [0.717, 1.165) is 17.7 Å². The van der Waals surface area contributed by atoms with E-state index < -0.39 is 6.09 Å². The molecule has 0 saturated heterocycles. The lowest BCUT2D eigenvalue weighted by Gasteiger charge is -2.16. The van der Waals surface area contributed by atoms with Crippen LogP contribution >= 0.6 is 0 Å². The first-order chi connectivity index (χ1) is 12.1. The van der Waals surface area contributed by atoms with Gasteiger partial charge in [0.25, 0.3) is 0 Å². The number of carbonyl (C=O) groups is 1. The maximum absolute atomic E-state index is 11.6. The first-order valence-electron chi connectivity index (χ1n) is 8.45. The van der Waals surface area contributed by atoms with E-state index in [2.05, 4.69) is 24.4 Å². The third-order valence-corrected chi connectivity index (χ3v) is 3.82. The molecule has 5 heteroatoms. The molecule has 2 aromatic rings. The lowest BCUT2D eigenvalue weighted by molar-refractivity contribution is 0.200. The molecule has 5 nitrogen and oxygen atoms in total. The summed E-state index contributed by atoms with van der Waals surface area (Å²) < 4.78 is 17.0. The van der Waals surface area contributed by atoms with E-state index in [4.69, 9.17) is 14.2 Å². The molecule has 0 aliphatic rings. The second kappa shape index (κ2) is 8.97. The third kappa shape index (κ3) is 4.89. The van der Waals surface area contributed by atoms with Crippen LogP contribution in [-0.2, 0) is 13.0 Å². The monoisotopic (exact) mass is 343 g/mol. The highest BCUT2D eigenvalue weighted by Gasteiger charge is 2.15. The number of amides is 1. The second-order valence-electron chi connectivity index (χ2n) is 5.55. The van der Waals surface area contributed by atoms with Gasteiger partial charge in [-0.2, -0.15) is 0 Å². The summed E-state index contributed by atoms with van der Waals surface area (Å²) in [6, 6.07) is 11.5. The molecule has 0 bridgehead atoms. The molecule has 0 spiro atoms. The number of carbonyl (C=O) groups excluding carboxylic acids is 1. The molecule has 2 aromatic carbocycles. The van der Waals surface area contributed by atoms with Crippen molar-refractivity contribution in [3.05, 3.63) is 53.1 Å². The Labute approximate surface area is 148 Å². The van der Waals surface area contributed by atoms with E-state index in [1.54, 1.807) is 12.1 Å². The van der Waals surface area contributed by atoms with Gasteiger partial charge in [-0.25, -0.2) is 4.79 Å². The zero-order valence-corrected chi connectivity index (χ0v) is 15.2. The predicted molar refractivity (Wildman–Crippen MR) is 97.6 cm³/mol. The van der Waals surface area contributed by atoms with Crippen molar-refractivity contribution in [1.29, 1.82) is 0 Å². The Balaban J connectivity index is 2.25. The van der Waals surface area contributed by atoms with Crippen LogP contribution in [0.4, 0.5) is 4.79 Å². The molecule has 0 aliphatic carbocycles. The van der Waals surface area contributed by atoms with Crippen LogP contribution < -0.4 is 19.5 Å². The molecule has 0 heterocycles. The quantitative estimate of drug-likeness (QED) is 0.816. The Morgan fingerprint density at radius 2 is 1.80 bits per heavy atom. The average molecular weight is 343 g/mol. The van der Waals surface area contributed by atoms with Crippen LogP contribution in [0, 0.1) is 6.92 Å². The molecule has 134 valence electrons. The van der Waals surface area contributed by atoms with Crippen molar-refractivity contribution in [3.63, 3.8) is 0 Å². The van der Waals surface area contributed by atoms with Gasteiger partial charge in [-0.1, -0.05) is 25.1 Å². The topological polar surface area (TPSA) is 56.8 Å². The summed E-state index contributed by atoms with van der Waals surface area (Å²) in [6.07, 6.45) is 0.455. The van der Waals surface area contributed by atoms with Gasteiger partial charge in [0.2, 0.25) is 0 Å². The van der Waals surface area contributed by atoms with Gasteiger partial charge >= 0.3 is 6.09 Å². The van der Waals surface area contributed by atoms with Crippen molar-refractivity contribution in [3.8, 4) is 17.2 Å². The van der Waals surface area contributed by atoms with Crippen molar-refractivity contribution in [2.24, 2.45) is 0 Å². The summed E-state index contributed by atoms with van der Waals surface area (Å²) in [6.45, 7) is 6.81. The lowest BCUT2D eigenvalue weighted by atomic mass is 10.1. The van der Waals surface area contributed by atoms with Gasteiger partial charge < -0.3 is 19.5 Å². The van der Waals surface area contributed by atoms with Crippen LogP contribution in [0.1, 0.15) is 30.5 Å². The van der Waals surface area contributed by atoms with E-state index in [1.807, 2.05) is 26.0 Å². The van der Waals surface area contributed by atoms with Gasteiger partial charge in [-0.05, 0) is 49.6 Å². The Bertz CT molecular complexity index is 728. The zero-order valence-electron chi connectivity index (χ0n) is 15.2. The number of rotatable bonds is 7. The minimum Gasteiger partial charge on any atom is -0.493 e. The van der Waals surface area contributed by atoms with E-state index in [0.29, 0.717) is 23.7 Å². The van der Waals surface area contributed by atoms with Crippen LogP contribution in [0.5, 0.6) is 17.2 Å². The van der Waals surface area contributed by atoms with Crippen molar-refractivity contribution in [1.82, 2.24) is 5.32 Å². The highest BCUT2D eigenvalue weighted by molar-refractivity contribution is 5.70. The molecular formula is C20H25NO4. The average Bonchev–Trinajstić information content (AvgIpc) is 2.62. The van der Waals surface area contributed by atoms with Crippen molar-refractivity contribution in [2.45, 2.75) is 33.8 Å². The molecule has 0 radical (unpaired) electrons.